The number of fused-ring (bicyclic) bond motifs is 1. The minimum Gasteiger partial charge on any atom is -0.505 e. The number of allylic oxidation sites excluding steroid dienone is 1. The molecule has 7 nitrogen and oxygen atoms in total. The van der Waals surface area contributed by atoms with Crippen LogP contribution in [0.2, 0.25) is 0 Å². The predicted octanol–water partition coefficient (Wildman–Crippen LogP) is 3.37. The molecule has 0 spiro atoms. The fraction of sp³-hybridized carbons (Fsp3) is 0.250. The molecule has 2 aromatic carbocycles. The minimum absolute atomic E-state index is 0.100. The average molecular weight is 367 g/mol. The van der Waals surface area contributed by atoms with Gasteiger partial charge in [-0.15, -0.1) is 15.0 Å². The standard InChI is InChI=1S/C20H21N3O4/c1-3-18(24)20(26)27-10-6-7-14-11-13(2)12-17(19(14)25)23-21-15-8-4-5-9-16(15)22-23/h3-5,8-9,11-12,24-25H,6-7,10H2,1-2H3. The first-order chi connectivity index (χ1) is 13.0. The van der Waals surface area contributed by atoms with Crippen LogP contribution < -0.4 is 0 Å². The number of hydrogen-bond acceptors (Lipinski definition) is 6. The van der Waals surface area contributed by atoms with E-state index in [9.17, 15) is 15.0 Å². The number of esters is 1. The summed E-state index contributed by atoms with van der Waals surface area (Å²) < 4.78 is 4.97. The van der Waals surface area contributed by atoms with Crippen molar-refractivity contribution in [3.05, 3.63) is 59.4 Å². The molecule has 0 atom stereocenters. The molecule has 3 aromatic rings. The summed E-state index contributed by atoms with van der Waals surface area (Å²) in [5.41, 5.74) is 3.68. The molecule has 1 aromatic heterocycles. The Morgan fingerprint density at radius 3 is 2.52 bits per heavy atom. The number of ether oxygens (including phenoxy) is 1. The van der Waals surface area contributed by atoms with Gasteiger partial charge in [0.2, 0.25) is 0 Å². The van der Waals surface area contributed by atoms with E-state index in [4.69, 9.17) is 4.74 Å². The van der Waals surface area contributed by atoms with Crippen LogP contribution in [-0.4, -0.2) is 37.8 Å². The lowest BCUT2D eigenvalue weighted by molar-refractivity contribution is -0.142. The highest BCUT2D eigenvalue weighted by Gasteiger charge is 2.14. The molecule has 2 N–H and O–H groups in total. The van der Waals surface area contributed by atoms with Crippen molar-refractivity contribution in [2.45, 2.75) is 26.7 Å². The molecule has 0 unspecified atom stereocenters. The molecule has 0 fully saturated rings. The maximum Gasteiger partial charge on any atom is 0.373 e. The Balaban J connectivity index is 1.76. The predicted molar refractivity (Wildman–Crippen MR) is 101 cm³/mol. The maximum atomic E-state index is 11.4. The van der Waals surface area contributed by atoms with Crippen molar-refractivity contribution in [3.63, 3.8) is 0 Å². The van der Waals surface area contributed by atoms with Crippen molar-refractivity contribution < 1.29 is 19.7 Å². The van der Waals surface area contributed by atoms with Crippen LogP contribution in [0.3, 0.4) is 0 Å². The van der Waals surface area contributed by atoms with Gasteiger partial charge >= 0.3 is 5.97 Å². The molecule has 0 amide bonds. The Hall–Kier alpha value is -3.35. The van der Waals surface area contributed by atoms with Gasteiger partial charge in [-0.25, -0.2) is 4.79 Å². The van der Waals surface area contributed by atoms with Gasteiger partial charge in [-0.3, -0.25) is 0 Å². The van der Waals surface area contributed by atoms with Crippen molar-refractivity contribution in [1.82, 2.24) is 15.0 Å². The summed E-state index contributed by atoms with van der Waals surface area (Å²) >= 11 is 0. The Bertz CT molecular complexity index is 975. The van der Waals surface area contributed by atoms with Gasteiger partial charge in [0, 0.05) is 0 Å². The normalized spacial score (nSPS) is 11.7. The van der Waals surface area contributed by atoms with E-state index in [1.807, 2.05) is 43.3 Å². The second-order valence-electron chi connectivity index (χ2n) is 6.18. The van der Waals surface area contributed by atoms with Gasteiger partial charge in [-0.1, -0.05) is 18.2 Å². The van der Waals surface area contributed by atoms with E-state index in [0.717, 1.165) is 22.2 Å². The van der Waals surface area contributed by atoms with Crippen LogP contribution in [0.1, 0.15) is 24.5 Å². The zero-order valence-corrected chi connectivity index (χ0v) is 15.2. The number of carbonyl (C=O) groups is 1. The number of nitrogens with zero attached hydrogens (tertiary/aromatic N) is 3. The summed E-state index contributed by atoms with van der Waals surface area (Å²) in [6, 6.07) is 11.2. The highest BCUT2D eigenvalue weighted by Crippen LogP contribution is 2.29. The number of benzene rings is 2. The number of aryl methyl sites for hydroxylation is 2. The average Bonchev–Trinajstić information content (AvgIpc) is 3.10. The molecule has 0 aliphatic rings. The van der Waals surface area contributed by atoms with Gasteiger partial charge in [-0.05, 0) is 62.1 Å². The molecule has 0 bridgehead atoms. The van der Waals surface area contributed by atoms with Crippen LogP contribution in [0.4, 0.5) is 0 Å². The zero-order chi connectivity index (χ0) is 19.4. The molecule has 7 heteroatoms. The summed E-state index contributed by atoms with van der Waals surface area (Å²) in [6.07, 6.45) is 2.29. The van der Waals surface area contributed by atoms with E-state index in [-0.39, 0.29) is 12.4 Å². The van der Waals surface area contributed by atoms with Gasteiger partial charge in [0.15, 0.2) is 5.76 Å². The number of rotatable bonds is 6. The molecule has 0 aliphatic heterocycles. The Morgan fingerprint density at radius 2 is 1.89 bits per heavy atom. The van der Waals surface area contributed by atoms with Crippen LogP contribution in [0.25, 0.3) is 16.7 Å². The third-order valence-electron chi connectivity index (χ3n) is 4.12. The Kier molecular flexibility index (Phi) is 5.40. The number of aromatic nitrogens is 3. The summed E-state index contributed by atoms with van der Waals surface area (Å²) in [5, 5.41) is 28.8. The molecular weight excluding hydrogens is 346 g/mol. The molecule has 1 heterocycles. The van der Waals surface area contributed by atoms with Crippen LogP contribution in [0.15, 0.2) is 48.2 Å². The topological polar surface area (TPSA) is 97.5 Å². The van der Waals surface area contributed by atoms with Gasteiger partial charge in [0.05, 0.1) is 6.61 Å². The maximum absolute atomic E-state index is 11.4. The van der Waals surface area contributed by atoms with Crippen LogP contribution >= 0.6 is 0 Å². The van der Waals surface area contributed by atoms with Crippen LogP contribution in [-0.2, 0) is 16.0 Å². The first-order valence-corrected chi connectivity index (χ1v) is 8.67. The van der Waals surface area contributed by atoms with Crippen molar-refractivity contribution >= 4 is 17.0 Å². The summed E-state index contributed by atoms with van der Waals surface area (Å²) in [5.74, 6) is -1.06. The molecular formula is C20H21N3O4. The highest BCUT2D eigenvalue weighted by atomic mass is 16.5. The van der Waals surface area contributed by atoms with Gasteiger partial charge in [0.25, 0.3) is 0 Å². The van der Waals surface area contributed by atoms with E-state index >= 15 is 0 Å². The quantitative estimate of drug-likeness (QED) is 0.300. The molecule has 3 rings (SSSR count). The van der Waals surface area contributed by atoms with E-state index < -0.39 is 11.7 Å². The lowest BCUT2D eigenvalue weighted by Gasteiger charge is -2.11. The van der Waals surface area contributed by atoms with E-state index in [0.29, 0.717) is 18.5 Å². The second kappa shape index (κ2) is 7.90. The third-order valence-corrected chi connectivity index (χ3v) is 4.12. The van der Waals surface area contributed by atoms with Gasteiger partial charge < -0.3 is 14.9 Å². The second-order valence-corrected chi connectivity index (χ2v) is 6.18. The van der Waals surface area contributed by atoms with Crippen LogP contribution in [0, 0.1) is 6.92 Å². The van der Waals surface area contributed by atoms with Crippen LogP contribution in [0.5, 0.6) is 5.75 Å². The summed E-state index contributed by atoms with van der Waals surface area (Å²) in [6.45, 7) is 3.62. The van der Waals surface area contributed by atoms with Gasteiger partial charge in [-0.2, -0.15) is 0 Å². The fourth-order valence-corrected chi connectivity index (χ4v) is 2.76. The van der Waals surface area contributed by atoms with Crippen molar-refractivity contribution in [1.29, 1.82) is 0 Å². The fourth-order valence-electron chi connectivity index (χ4n) is 2.76. The Labute approximate surface area is 156 Å². The Morgan fingerprint density at radius 1 is 1.22 bits per heavy atom. The molecule has 27 heavy (non-hydrogen) atoms. The SMILES string of the molecule is CC=C(O)C(=O)OCCCc1cc(C)cc(-n2nc3ccccc3n2)c1O. The lowest BCUT2D eigenvalue weighted by atomic mass is 10.0. The van der Waals surface area contributed by atoms with E-state index in [2.05, 4.69) is 10.2 Å². The number of hydrogen-bond donors (Lipinski definition) is 2. The van der Waals surface area contributed by atoms with E-state index in [1.165, 1.54) is 10.9 Å². The van der Waals surface area contributed by atoms with Crippen molar-refractivity contribution in [3.8, 4) is 11.4 Å². The largest absolute Gasteiger partial charge is 0.505 e. The molecule has 0 radical (unpaired) electrons. The molecule has 0 aliphatic carbocycles. The number of aromatic hydroxyl groups is 1. The van der Waals surface area contributed by atoms with E-state index in [1.54, 1.807) is 6.92 Å². The lowest BCUT2D eigenvalue weighted by Crippen LogP contribution is -2.09. The number of phenols is 1. The number of aliphatic hydroxyl groups is 1. The smallest absolute Gasteiger partial charge is 0.373 e. The number of aliphatic hydroxyl groups excluding tert-OH is 1. The molecule has 0 saturated heterocycles. The summed E-state index contributed by atoms with van der Waals surface area (Å²) in [7, 11) is 0. The molecule has 0 saturated carbocycles. The number of phenolic OH excluding ortho intramolecular Hbond substituents is 1. The first-order valence-electron chi connectivity index (χ1n) is 8.67. The van der Waals surface area contributed by atoms with Gasteiger partial charge in [0.1, 0.15) is 22.5 Å². The first kappa shape index (κ1) is 18.4. The molecule has 140 valence electrons. The summed E-state index contributed by atoms with van der Waals surface area (Å²) in [4.78, 5) is 12.9. The monoisotopic (exact) mass is 367 g/mol. The third kappa shape index (κ3) is 4.08. The number of carbonyl (C=O) groups excluding carboxylic acids is 1. The zero-order valence-electron chi connectivity index (χ0n) is 15.2. The minimum atomic E-state index is -0.751. The van der Waals surface area contributed by atoms with Crippen molar-refractivity contribution in [2.24, 2.45) is 0 Å². The van der Waals surface area contributed by atoms with Crippen molar-refractivity contribution in [2.75, 3.05) is 6.61 Å². The highest BCUT2D eigenvalue weighted by molar-refractivity contribution is 5.85.